The van der Waals surface area contributed by atoms with E-state index in [4.69, 9.17) is 4.74 Å². The second kappa shape index (κ2) is 8.53. The highest BCUT2D eigenvalue weighted by molar-refractivity contribution is 7.89. The van der Waals surface area contributed by atoms with Crippen molar-refractivity contribution in [3.05, 3.63) is 29.6 Å². The maximum absolute atomic E-state index is 14.2. The minimum Gasteiger partial charge on any atom is -0.465 e. The van der Waals surface area contributed by atoms with Crippen LogP contribution in [0.1, 0.15) is 37.7 Å². The molecule has 3 aliphatic rings. The topological polar surface area (TPSA) is 84.0 Å². The first-order valence-electron chi connectivity index (χ1n) is 10.7. The van der Waals surface area contributed by atoms with Gasteiger partial charge in [-0.05, 0) is 37.5 Å². The van der Waals surface area contributed by atoms with Crippen LogP contribution in [0, 0.1) is 17.2 Å². The number of benzene rings is 1. The second-order valence-corrected chi connectivity index (χ2v) is 11.0. The van der Waals surface area contributed by atoms with Gasteiger partial charge in [-0.15, -0.1) is 0 Å². The molecule has 1 atom stereocenters. The largest absolute Gasteiger partial charge is 0.465 e. The number of piperidine rings is 1. The van der Waals surface area contributed by atoms with Gasteiger partial charge in [0.2, 0.25) is 15.9 Å². The van der Waals surface area contributed by atoms with E-state index in [1.54, 1.807) is 4.90 Å². The van der Waals surface area contributed by atoms with Crippen LogP contribution < -0.4 is 0 Å². The number of hydrogen-bond donors (Lipinski definition) is 0. The Bertz CT molecular complexity index is 1040. The summed E-state index contributed by atoms with van der Waals surface area (Å²) in [6.45, 7) is 1.57. The van der Waals surface area contributed by atoms with Crippen molar-refractivity contribution in [2.45, 2.75) is 43.2 Å². The first kappa shape index (κ1) is 23.9. The Hall–Kier alpha value is -2.21. The van der Waals surface area contributed by atoms with Crippen LogP contribution >= 0.6 is 0 Å². The van der Waals surface area contributed by atoms with Crippen molar-refractivity contribution in [1.29, 1.82) is 0 Å². The number of alkyl halides is 3. The minimum absolute atomic E-state index is 0.0122. The van der Waals surface area contributed by atoms with Crippen molar-refractivity contribution in [2.24, 2.45) is 11.3 Å². The Kier molecular flexibility index (Phi) is 6.19. The monoisotopic (exact) mass is 492 g/mol. The number of cyclic esters (lactones) is 1. The van der Waals surface area contributed by atoms with E-state index >= 15 is 0 Å². The van der Waals surface area contributed by atoms with Crippen molar-refractivity contribution in [2.75, 3.05) is 32.8 Å². The summed E-state index contributed by atoms with van der Waals surface area (Å²) in [6, 6.07) is 1.41. The number of ether oxygens (including phenoxy) is 1. The highest BCUT2D eigenvalue weighted by Crippen LogP contribution is 2.42. The van der Waals surface area contributed by atoms with Crippen LogP contribution in [0.2, 0.25) is 0 Å². The van der Waals surface area contributed by atoms with E-state index < -0.39 is 32.5 Å². The lowest BCUT2D eigenvalue weighted by molar-refractivity contribution is -0.146. The Balaban J connectivity index is 1.30. The highest BCUT2D eigenvalue weighted by atomic mass is 32.2. The molecule has 0 saturated carbocycles. The van der Waals surface area contributed by atoms with E-state index in [1.807, 2.05) is 0 Å². The molecule has 7 nitrogen and oxygen atoms in total. The zero-order chi connectivity index (χ0) is 24.0. The zero-order valence-corrected chi connectivity index (χ0v) is 18.6. The van der Waals surface area contributed by atoms with Gasteiger partial charge in [-0.3, -0.25) is 9.59 Å². The molecule has 3 aliphatic heterocycles. The third-order valence-corrected chi connectivity index (χ3v) is 8.70. The lowest BCUT2D eigenvalue weighted by Gasteiger charge is -2.53. The Morgan fingerprint density at radius 2 is 1.85 bits per heavy atom. The molecule has 1 aromatic carbocycles. The zero-order valence-electron chi connectivity index (χ0n) is 17.7. The molecule has 3 saturated heterocycles. The van der Waals surface area contributed by atoms with Crippen LogP contribution in [0.5, 0.6) is 0 Å². The molecule has 0 aromatic heterocycles. The average molecular weight is 492 g/mol. The summed E-state index contributed by atoms with van der Waals surface area (Å²) in [4.78, 5) is 24.5. The van der Waals surface area contributed by atoms with Crippen LogP contribution in [0.15, 0.2) is 23.1 Å². The normalized spacial score (nSPS) is 23.5. The first-order chi connectivity index (χ1) is 15.4. The molecular weight excluding hydrogens is 468 g/mol. The van der Waals surface area contributed by atoms with Gasteiger partial charge in [0.05, 0.1) is 18.6 Å². The summed E-state index contributed by atoms with van der Waals surface area (Å²) >= 11 is 0. The molecule has 182 valence electrons. The van der Waals surface area contributed by atoms with Crippen LogP contribution in [0.25, 0.3) is 0 Å². The average Bonchev–Trinajstić information content (AvgIpc) is 3.14. The van der Waals surface area contributed by atoms with Gasteiger partial charge in [-0.25, -0.2) is 12.8 Å². The number of likely N-dealkylation sites (tertiary alicyclic amines) is 1. The number of hydrogen-bond acceptors (Lipinski definition) is 5. The van der Waals surface area contributed by atoms with Crippen LogP contribution in [0.3, 0.4) is 0 Å². The van der Waals surface area contributed by atoms with Crippen LogP contribution in [-0.4, -0.2) is 62.3 Å². The van der Waals surface area contributed by atoms with Gasteiger partial charge in [0.15, 0.2) is 0 Å². The van der Waals surface area contributed by atoms with Gasteiger partial charge in [-0.1, -0.05) is 0 Å². The molecule has 3 fully saturated rings. The van der Waals surface area contributed by atoms with Crippen molar-refractivity contribution < 1.29 is 40.3 Å². The third-order valence-electron chi connectivity index (χ3n) is 6.77. The van der Waals surface area contributed by atoms with Crippen molar-refractivity contribution in [3.8, 4) is 0 Å². The number of halogens is 4. The van der Waals surface area contributed by atoms with Crippen molar-refractivity contribution in [1.82, 2.24) is 9.21 Å². The maximum atomic E-state index is 14.2. The number of sulfonamides is 1. The highest BCUT2D eigenvalue weighted by Gasteiger charge is 2.48. The lowest BCUT2D eigenvalue weighted by Crippen LogP contribution is -2.62. The fraction of sp³-hybridized carbons (Fsp3) is 0.619. The number of esters is 1. The summed E-state index contributed by atoms with van der Waals surface area (Å²) in [7, 11) is -4.27. The maximum Gasteiger partial charge on any atom is 0.416 e. The van der Waals surface area contributed by atoms with Gasteiger partial charge >= 0.3 is 12.1 Å². The summed E-state index contributed by atoms with van der Waals surface area (Å²) in [5.41, 5.74) is -1.45. The summed E-state index contributed by atoms with van der Waals surface area (Å²) < 4.78 is 84.0. The number of amides is 1. The van der Waals surface area contributed by atoms with E-state index in [0.29, 0.717) is 63.9 Å². The molecule has 0 bridgehead atoms. The standard InChI is InChI=1S/C21H24F4N2O5S/c22-16-10-15(21(23,24)25)2-3-17(16)33(30,31)27-7-5-20(6-8-27)12-26(13-20)18(28)4-1-14-9-19(29)32-11-14/h2-3,10,14H,1,4-9,11-13H2/t14-/m0/s1. The smallest absolute Gasteiger partial charge is 0.416 e. The van der Waals surface area contributed by atoms with E-state index in [9.17, 15) is 35.6 Å². The second-order valence-electron chi connectivity index (χ2n) is 9.09. The Labute approximate surface area is 188 Å². The first-order valence-corrected chi connectivity index (χ1v) is 12.1. The molecule has 0 aliphatic carbocycles. The van der Waals surface area contributed by atoms with Gasteiger partial charge in [0.1, 0.15) is 10.7 Å². The van der Waals surface area contributed by atoms with Gasteiger partial charge in [0.25, 0.3) is 0 Å². The predicted molar refractivity (Wildman–Crippen MR) is 107 cm³/mol. The third kappa shape index (κ3) is 4.86. The molecule has 0 radical (unpaired) electrons. The quantitative estimate of drug-likeness (QED) is 0.466. The van der Waals surface area contributed by atoms with Crippen LogP contribution in [-0.2, 0) is 30.5 Å². The molecule has 1 spiro atoms. The molecule has 4 rings (SSSR count). The van der Waals surface area contributed by atoms with E-state index in [2.05, 4.69) is 0 Å². The number of nitrogens with zero attached hydrogens (tertiary/aromatic N) is 2. The van der Waals surface area contributed by atoms with E-state index in [1.165, 1.54) is 0 Å². The molecule has 1 aromatic rings. The minimum atomic E-state index is -4.77. The van der Waals surface area contributed by atoms with Crippen molar-refractivity contribution in [3.63, 3.8) is 0 Å². The molecule has 0 unspecified atom stereocenters. The summed E-state index contributed by atoms with van der Waals surface area (Å²) in [6.07, 6.45) is -2.58. The fourth-order valence-corrected chi connectivity index (χ4v) is 6.20. The Morgan fingerprint density at radius 3 is 2.39 bits per heavy atom. The van der Waals surface area contributed by atoms with Gasteiger partial charge in [-0.2, -0.15) is 17.5 Å². The molecule has 1 amide bonds. The summed E-state index contributed by atoms with van der Waals surface area (Å²) in [5.74, 6) is -1.62. The molecule has 0 N–H and O–H groups in total. The number of carbonyl (C=O) groups is 2. The predicted octanol–water partition coefficient (Wildman–Crippen LogP) is 2.80. The van der Waals surface area contributed by atoms with Gasteiger partial charge in [0, 0.05) is 43.9 Å². The number of carbonyl (C=O) groups excluding carboxylic acids is 2. The van der Waals surface area contributed by atoms with Gasteiger partial charge < -0.3 is 9.64 Å². The molecular formula is C21H24F4N2O5S. The molecule has 33 heavy (non-hydrogen) atoms. The van der Waals surface area contributed by atoms with E-state index in [-0.39, 0.29) is 42.4 Å². The van der Waals surface area contributed by atoms with Crippen molar-refractivity contribution >= 4 is 21.9 Å². The fourth-order valence-electron chi connectivity index (χ4n) is 4.72. The summed E-state index contributed by atoms with van der Waals surface area (Å²) in [5, 5.41) is 0. The van der Waals surface area contributed by atoms with Crippen LogP contribution in [0.4, 0.5) is 17.6 Å². The molecule has 12 heteroatoms. The van der Waals surface area contributed by atoms with E-state index in [0.717, 1.165) is 4.31 Å². The SMILES string of the molecule is O=C1C[C@H](CCC(=O)N2CC3(CCN(S(=O)(=O)c4ccc(C(F)(F)F)cc4F)CC3)C2)CO1. The lowest BCUT2D eigenvalue weighted by atomic mass is 9.72. The Morgan fingerprint density at radius 1 is 1.18 bits per heavy atom. The molecule has 3 heterocycles. The number of rotatable bonds is 5.